The molecular formula is C21H21N3O2. The Morgan fingerprint density at radius 2 is 1.92 bits per heavy atom. The number of aromatic amines is 1. The maximum atomic E-state index is 12.2. The van der Waals surface area contributed by atoms with Crippen molar-refractivity contribution in [2.75, 3.05) is 13.2 Å². The molecule has 0 saturated carbocycles. The van der Waals surface area contributed by atoms with Crippen molar-refractivity contribution in [3.05, 3.63) is 71.5 Å². The number of fused-ring (bicyclic) bond motifs is 1. The van der Waals surface area contributed by atoms with Crippen LogP contribution in [0.4, 0.5) is 0 Å². The summed E-state index contributed by atoms with van der Waals surface area (Å²) in [6.07, 6.45) is 7.12. The molecule has 0 saturated heterocycles. The van der Waals surface area contributed by atoms with Gasteiger partial charge in [0, 0.05) is 17.3 Å². The molecule has 0 atom stereocenters. The van der Waals surface area contributed by atoms with Crippen LogP contribution >= 0.6 is 0 Å². The van der Waals surface area contributed by atoms with Gasteiger partial charge in [-0.1, -0.05) is 18.2 Å². The number of carbonyl (C=O) groups excluding carboxylic acids is 1. The quantitative estimate of drug-likeness (QED) is 0.672. The summed E-state index contributed by atoms with van der Waals surface area (Å²) in [5, 5.41) is 9.61. The lowest BCUT2D eigenvalue weighted by Crippen LogP contribution is -2.28. The van der Waals surface area contributed by atoms with E-state index in [1.54, 1.807) is 6.20 Å². The topological polar surface area (TPSA) is 67.0 Å². The SMILES string of the molecule is O=C(NCCOc1ccc2c(c1)CCC2)c1ccc(-c2cn[nH]c2)cc1. The maximum absolute atomic E-state index is 12.2. The van der Waals surface area contributed by atoms with Gasteiger partial charge in [0.1, 0.15) is 12.4 Å². The van der Waals surface area contributed by atoms with Gasteiger partial charge in [-0.3, -0.25) is 9.89 Å². The number of amides is 1. The van der Waals surface area contributed by atoms with Gasteiger partial charge in [-0.15, -0.1) is 0 Å². The van der Waals surface area contributed by atoms with E-state index >= 15 is 0 Å². The zero-order chi connectivity index (χ0) is 17.8. The molecule has 0 unspecified atom stereocenters. The minimum Gasteiger partial charge on any atom is -0.492 e. The third kappa shape index (κ3) is 3.61. The molecule has 1 aliphatic carbocycles. The zero-order valence-electron chi connectivity index (χ0n) is 14.5. The lowest BCUT2D eigenvalue weighted by Gasteiger charge is -2.09. The Bertz CT molecular complexity index is 886. The van der Waals surface area contributed by atoms with E-state index in [1.165, 1.54) is 24.0 Å². The molecule has 0 radical (unpaired) electrons. The molecule has 2 N–H and O–H groups in total. The second-order valence-corrected chi connectivity index (χ2v) is 6.45. The number of rotatable bonds is 6. The van der Waals surface area contributed by atoms with E-state index in [1.807, 2.05) is 36.5 Å². The summed E-state index contributed by atoms with van der Waals surface area (Å²) in [5.74, 6) is 0.783. The molecular weight excluding hydrogens is 326 g/mol. The molecule has 4 rings (SSSR count). The van der Waals surface area contributed by atoms with Crippen molar-refractivity contribution in [3.63, 3.8) is 0 Å². The Labute approximate surface area is 152 Å². The highest BCUT2D eigenvalue weighted by molar-refractivity contribution is 5.94. The molecule has 2 aromatic carbocycles. The van der Waals surface area contributed by atoms with Gasteiger partial charge < -0.3 is 10.1 Å². The van der Waals surface area contributed by atoms with E-state index < -0.39 is 0 Å². The van der Waals surface area contributed by atoms with Crippen LogP contribution < -0.4 is 10.1 Å². The molecule has 132 valence electrons. The van der Waals surface area contributed by atoms with Crippen LogP contribution in [0, 0.1) is 0 Å². The van der Waals surface area contributed by atoms with Gasteiger partial charge in [-0.2, -0.15) is 5.10 Å². The molecule has 0 spiro atoms. The molecule has 0 bridgehead atoms. The minimum atomic E-state index is -0.0960. The lowest BCUT2D eigenvalue weighted by molar-refractivity contribution is 0.0947. The van der Waals surface area contributed by atoms with Crippen molar-refractivity contribution >= 4 is 5.91 Å². The van der Waals surface area contributed by atoms with Gasteiger partial charge in [0.15, 0.2) is 0 Å². The average molecular weight is 347 g/mol. The first-order valence-electron chi connectivity index (χ1n) is 8.91. The number of nitrogens with zero attached hydrogens (tertiary/aromatic N) is 1. The molecule has 5 heteroatoms. The number of aryl methyl sites for hydroxylation is 2. The number of carbonyl (C=O) groups is 1. The summed E-state index contributed by atoms with van der Waals surface area (Å²) >= 11 is 0. The van der Waals surface area contributed by atoms with Gasteiger partial charge in [-0.25, -0.2) is 0 Å². The largest absolute Gasteiger partial charge is 0.492 e. The predicted molar refractivity (Wildman–Crippen MR) is 100 cm³/mol. The van der Waals surface area contributed by atoms with E-state index in [0.29, 0.717) is 18.7 Å². The monoisotopic (exact) mass is 347 g/mol. The van der Waals surface area contributed by atoms with Gasteiger partial charge >= 0.3 is 0 Å². The highest BCUT2D eigenvalue weighted by Crippen LogP contribution is 2.25. The fraction of sp³-hybridized carbons (Fsp3) is 0.238. The van der Waals surface area contributed by atoms with E-state index in [0.717, 1.165) is 23.3 Å². The summed E-state index contributed by atoms with van der Waals surface area (Å²) in [6.45, 7) is 0.928. The normalized spacial score (nSPS) is 12.6. The van der Waals surface area contributed by atoms with E-state index in [-0.39, 0.29) is 5.91 Å². The molecule has 1 amide bonds. The number of H-pyrrole nitrogens is 1. The van der Waals surface area contributed by atoms with Crippen LogP contribution in [0.2, 0.25) is 0 Å². The fourth-order valence-corrected chi connectivity index (χ4v) is 3.30. The van der Waals surface area contributed by atoms with Crippen molar-refractivity contribution in [2.24, 2.45) is 0 Å². The van der Waals surface area contributed by atoms with E-state index in [4.69, 9.17) is 4.74 Å². The fourth-order valence-electron chi connectivity index (χ4n) is 3.30. The number of aromatic nitrogens is 2. The van der Waals surface area contributed by atoms with E-state index in [2.05, 4.69) is 27.6 Å². The van der Waals surface area contributed by atoms with Gasteiger partial charge in [0.05, 0.1) is 12.7 Å². The first kappa shape index (κ1) is 16.4. The number of hydrogen-bond donors (Lipinski definition) is 2. The van der Waals surface area contributed by atoms with Crippen molar-refractivity contribution in [2.45, 2.75) is 19.3 Å². The first-order chi connectivity index (χ1) is 12.8. The molecule has 0 aliphatic heterocycles. The molecule has 3 aromatic rings. The number of nitrogens with one attached hydrogen (secondary N) is 2. The average Bonchev–Trinajstić information content (AvgIpc) is 3.36. The Morgan fingerprint density at radius 1 is 1.08 bits per heavy atom. The third-order valence-corrected chi connectivity index (χ3v) is 4.70. The Hall–Kier alpha value is -3.08. The Balaban J connectivity index is 1.26. The summed E-state index contributed by atoms with van der Waals surface area (Å²) in [6, 6.07) is 13.8. The second-order valence-electron chi connectivity index (χ2n) is 6.45. The van der Waals surface area contributed by atoms with Gasteiger partial charge in [0.25, 0.3) is 5.91 Å². The van der Waals surface area contributed by atoms with Crippen LogP contribution in [-0.4, -0.2) is 29.3 Å². The number of ether oxygens (including phenoxy) is 1. The summed E-state index contributed by atoms with van der Waals surface area (Å²) < 4.78 is 5.76. The molecule has 1 aromatic heterocycles. The first-order valence-corrected chi connectivity index (χ1v) is 8.91. The predicted octanol–water partition coefficient (Wildman–Crippen LogP) is 3.37. The smallest absolute Gasteiger partial charge is 0.251 e. The molecule has 26 heavy (non-hydrogen) atoms. The van der Waals surface area contributed by atoms with Crippen LogP contribution in [-0.2, 0) is 12.8 Å². The van der Waals surface area contributed by atoms with Crippen molar-refractivity contribution < 1.29 is 9.53 Å². The molecule has 1 aliphatic rings. The van der Waals surface area contributed by atoms with Crippen molar-refractivity contribution in [1.82, 2.24) is 15.5 Å². The standard InChI is InChI=1S/C21H21N3O2/c25-21(17-6-4-16(5-7-17)19-13-23-24-14-19)22-10-11-26-20-9-8-15-2-1-3-18(15)12-20/h4-9,12-14H,1-3,10-11H2,(H,22,25)(H,23,24). The van der Waals surface area contributed by atoms with Crippen LogP contribution in [0.5, 0.6) is 5.75 Å². The van der Waals surface area contributed by atoms with Crippen LogP contribution in [0.3, 0.4) is 0 Å². The van der Waals surface area contributed by atoms with Crippen LogP contribution in [0.25, 0.3) is 11.1 Å². The number of benzene rings is 2. The summed E-state index contributed by atoms with van der Waals surface area (Å²) in [7, 11) is 0. The lowest BCUT2D eigenvalue weighted by atomic mass is 10.1. The van der Waals surface area contributed by atoms with Gasteiger partial charge in [0.2, 0.25) is 0 Å². The zero-order valence-corrected chi connectivity index (χ0v) is 14.5. The van der Waals surface area contributed by atoms with Gasteiger partial charge in [-0.05, 0) is 60.2 Å². The second kappa shape index (κ2) is 7.44. The highest BCUT2D eigenvalue weighted by Gasteiger charge is 2.11. The minimum absolute atomic E-state index is 0.0960. The van der Waals surface area contributed by atoms with Crippen molar-refractivity contribution in [3.8, 4) is 16.9 Å². The van der Waals surface area contributed by atoms with E-state index in [9.17, 15) is 4.79 Å². The highest BCUT2D eigenvalue weighted by atomic mass is 16.5. The molecule has 1 heterocycles. The van der Waals surface area contributed by atoms with Crippen molar-refractivity contribution in [1.29, 1.82) is 0 Å². The Morgan fingerprint density at radius 3 is 2.73 bits per heavy atom. The molecule has 5 nitrogen and oxygen atoms in total. The summed E-state index contributed by atoms with van der Waals surface area (Å²) in [5.41, 5.74) is 5.48. The van der Waals surface area contributed by atoms with Crippen LogP contribution in [0.1, 0.15) is 27.9 Å². The van der Waals surface area contributed by atoms with Crippen LogP contribution in [0.15, 0.2) is 54.9 Å². The third-order valence-electron chi connectivity index (χ3n) is 4.70. The summed E-state index contributed by atoms with van der Waals surface area (Å²) in [4.78, 5) is 12.2. The molecule has 0 fully saturated rings. The maximum Gasteiger partial charge on any atom is 0.251 e. The Kier molecular flexibility index (Phi) is 4.69. The number of hydrogen-bond acceptors (Lipinski definition) is 3.